The zero-order valence-corrected chi connectivity index (χ0v) is 11.7. The zero-order valence-electron chi connectivity index (χ0n) is 11.0. The first-order valence-electron chi connectivity index (χ1n) is 6.66. The summed E-state index contributed by atoms with van der Waals surface area (Å²) < 4.78 is 0. The summed E-state index contributed by atoms with van der Waals surface area (Å²) in [5, 5.41) is 13.7. The van der Waals surface area contributed by atoms with Crippen LogP contribution in [0.4, 0.5) is 5.69 Å². The number of nitro groups is 1. The monoisotopic (exact) mass is 297 g/mol. The minimum absolute atomic E-state index is 0.0363. The van der Waals surface area contributed by atoms with Crippen molar-refractivity contribution in [2.45, 2.75) is 32.1 Å². The van der Waals surface area contributed by atoms with Crippen LogP contribution in [0.25, 0.3) is 0 Å². The first-order chi connectivity index (χ1) is 9.58. The van der Waals surface area contributed by atoms with Crippen LogP contribution in [0.5, 0.6) is 0 Å². The van der Waals surface area contributed by atoms with Crippen molar-refractivity contribution >= 4 is 23.2 Å². The van der Waals surface area contributed by atoms with Gasteiger partial charge >= 0.3 is 0 Å². The fourth-order valence-corrected chi connectivity index (χ4v) is 2.63. The molecule has 0 atom stereocenters. The number of carbonyl (C=O) groups is 1. The molecule has 1 aromatic rings. The molecule has 0 aromatic carbocycles. The SMILES string of the molecule is O=C(NCC1CCCCC1)c1cc(Cl)ncc1[N+](=O)[O-]. The largest absolute Gasteiger partial charge is 0.352 e. The van der Waals surface area contributed by atoms with E-state index in [2.05, 4.69) is 10.3 Å². The fourth-order valence-electron chi connectivity index (χ4n) is 2.47. The Morgan fingerprint density at radius 3 is 2.80 bits per heavy atom. The van der Waals surface area contributed by atoms with E-state index in [0.717, 1.165) is 19.0 Å². The van der Waals surface area contributed by atoms with Gasteiger partial charge in [0.25, 0.3) is 11.6 Å². The molecule has 1 amide bonds. The van der Waals surface area contributed by atoms with Gasteiger partial charge in [-0.15, -0.1) is 0 Å². The lowest BCUT2D eigenvalue weighted by Crippen LogP contribution is -2.30. The van der Waals surface area contributed by atoms with Gasteiger partial charge in [-0.1, -0.05) is 30.9 Å². The number of aromatic nitrogens is 1. The van der Waals surface area contributed by atoms with Crippen LogP contribution in [-0.2, 0) is 0 Å². The molecular formula is C13H16ClN3O3. The molecule has 7 heteroatoms. The molecular weight excluding hydrogens is 282 g/mol. The van der Waals surface area contributed by atoms with Crippen LogP contribution in [-0.4, -0.2) is 22.4 Å². The average Bonchev–Trinajstić information content (AvgIpc) is 2.45. The van der Waals surface area contributed by atoms with Crippen LogP contribution in [0.15, 0.2) is 12.3 Å². The van der Waals surface area contributed by atoms with Crippen molar-refractivity contribution in [3.8, 4) is 0 Å². The van der Waals surface area contributed by atoms with Crippen LogP contribution in [0.2, 0.25) is 5.15 Å². The summed E-state index contributed by atoms with van der Waals surface area (Å²) in [4.78, 5) is 26.0. The summed E-state index contributed by atoms with van der Waals surface area (Å²) in [6.45, 7) is 0.552. The highest BCUT2D eigenvalue weighted by Gasteiger charge is 2.22. The topological polar surface area (TPSA) is 85.1 Å². The second kappa shape index (κ2) is 6.65. The maximum atomic E-state index is 12.1. The zero-order chi connectivity index (χ0) is 14.5. The molecule has 0 saturated heterocycles. The Balaban J connectivity index is 2.04. The van der Waals surface area contributed by atoms with E-state index < -0.39 is 10.8 Å². The molecule has 0 bridgehead atoms. The predicted molar refractivity (Wildman–Crippen MR) is 74.8 cm³/mol. The third kappa shape index (κ3) is 3.66. The van der Waals surface area contributed by atoms with Crippen molar-refractivity contribution in [2.24, 2.45) is 5.92 Å². The smallest absolute Gasteiger partial charge is 0.300 e. The van der Waals surface area contributed by atoms with E-state index in [0.29, 0.717) is 12.5 Å². The summed E-state index contributed by atoms with van der Waals surface area (Å²) >= 11 is 5.70. The van der Waals surface area contributed by atoms with Crippen molar-refractivity contribution in [2.75, 3.05) is 6.54 Å². The summed E-state index contributed by atoms with van der Waals surface area (Å²) in [7, 11) is 0. The first-order valence-corrected chi connectivity index (χ1v) is 7.04. The number of rotatable bonds is 4. The molecule has 0 aliphatic heterocycles. The lowest BCUT2D eigenvalue weighted by molar-refractivity contribution is -0.385. The standard InChI is InChI=1S/C13H16ClN3O3/c14-12-6-10(11(8-15-12)17(19)20)13(18)16-7-9-4-2-1-3-5-9/h6,8-9H,1-5,7H2,(H,16,18). The molecule has 0 spiro atoms. The number of hydrogen-bond donors (Lipinski definition) is 1. The molecule has 108 valence electrons. The van der Waals surface area contributed by atoms with Crippen molar-refractivity contribution in [3.63, 3.8) is 0 Å². The van der Waals surface area contributed by atoms with Crippen molar-refractivity contribution in [3.05, 3.63) is 33.1 Å². The number of nitrogens with one attached hydrogen (secondary N) is 1. The van der Waals surface area contributed by atoms with Gasteiger partial charge in [-0.05, 0) is 24.8 Å². The number of halogens is 1. The Morgan fingerprint density at radius 2 is 2.15 bits per heavy atom. The quantitative estimate of drug-likeness (QED) is 0.526. The number of carbonyl (C=O) groups excluding carboxylic acids is 1. The van der Waals surface area contributed by atoms with Gasteiger partial charge in [-0.2, -0.15) is 0 Å². The highest BCUT2D eigenvalue weighted by Crippen LogP contribution is 2.24. The summed E-state index contributed by atoms with van der Waals surface area (Å²) in [6.07, 6.45) is 6.82. The fraction of sp³-hybridized carbons (Fsp3) is 0.538. The Hall–Kier alpha value is -1.69. The molecule has 1 N–H and O–H groups in total. The third-order valence-corrected chi connectivity index (χ3v) is 3.77. The molecule has 1 aliphatic rings. The number of nitrogens with zero attached hydrogens (tertiary/aromatic N) is 2. The Morgan fingerprint density at radius 1 is 1.45 bits per heavy atom. The number of hydrogen-bond acceptors (Lipinski definition) is 4. The maximum absolute atomic E-state index is 12.1. The third-order valence-electron chi connectivity index (χ3n) is 3.57. The highest BCUT2D eigenvalue weighted by atomic mass is 35.5. The molecule has 1 aromatic heterocycles. The molecule has 1 saturated carbocycles. The van der Waals surface area contributed by atoms with Crippen LogP contribution in [0, 0.1) is 16.0 Å². The molecule has 0 unspecified atom stereocenters. The van der Waals surface area contributed by atoms with E-state index in [9.17, 15) is 14.9 Å². The molecule has 1 aliphatic carbocycles. The summed E-state index contributed by atoms with van der Waals surface area (Å²) in [5.74, 6) is -0.00404. The lowest BCUT2D eigenvalue weighted by Gasteiger charge is -2.21. The van der Waals surface area contributed by atoms with Gasteiger partial charge in [0.1, 0.15) is 16.9 Å². The minimum Gasteiger partial charge on any atom is -0.352 e. The molecule has 1 fully saturated rings. The Bertz CT molecular complexity index is 516. The Kier molecular flexibility index (Phi) is 4.89. The maximum Gasteiger partial charge on any atom is 0.300 e. The predicted octanol–water partition coefficient (Wildman–Crippen LogP) is 2.95. The second-order valence-electron chi connectivity index (χ2n) is 5.00. The van der Waals surface area contributed by atoms with Gasteiger partial charge in [0.05, 0.1) is 4.92 Å². The van der Waals surface area contributed by atoms with E-state index >= 15 is 0 Å². The molecule has 1 heterocycles. The highest BCUT2D eigenvalue weighted by molar-refractivity contribution is 6.29. The molecule has 20 heavy (non-hydrogen) atoms. The van der Waals surface area contributed by atoms with E-state index in [1.807, 2.05) is 0 Å². The van der Waals surface area contributed by atoms with E-state index in [1.54, 1.807) is 0 Å². The van der Waals surface area contributed by atoms with Gasteiger partial charge in [0.15, 0.2) is 0 Å². The first kappa shape index (κ1) is 14.7. The molecule has 0 radical (unpaired) electrons. The van der Waals surface area contributed by atoms with Crippen LogP contribution < -0.4 is 5.32 Å². The number of pyridine rings is 1. The van der Waals surface area contributed by atoms with E-state index in [1.165, 1.54) is 25.3 Å². The minimum atomic E-state index is -0.626. The van der Waals surface area contributed by atoms with Crippen LogP contribution in [0.1, 0.15) is 42.5 Å². The van der Waals surface area contributed by atoms with Gasteiger partial charge in [0.2, 0.25) is 0 Å². The van der Waals surface area contributed by atoms with Gasteiger partial charge in [0, 0.05) is 6.54 Å². The Labute approximate surface area is 121 Å². The average molecular weight is 298 g/mol. The second-order valence-corrected chi connectivity index (χ2v) is 5.38. The van der Waals surface area contributed by atoms with Crippen LogP contribution in [0.3, 0.4) is 0 Å². The van der Waals surface area contributed by atoms with E-state index in [4.69, 9.17) is 11.6 Å². The molecule has 2 rings (SSSR count). The normalized spacial score (nSPS) is 15.8. The summed E-state index contributed by atoms with van der Waals surface area (Å²) in [6, 6.07) is 1.23. The molecule has 6 nitrogen and oxygen atoms in total. The van der Waals surface area contributed by atoms with Gasteiger partial charge in [-0.25, -0.2) is 4.98 Å². The van der Waals surface area contributed by atoms with Gasteiger partial charge < -0.3 is 5.32 Å². The number of amides is 1. The van der Waals surface area contributed by atoms with Crippen molar-refractivity contribution < 1.29 is 9.72 Å². The van der Waals surface area contributed by atoms with Crippen molar-refractivity contribution in [1.29, 1.82) is 0 Å². The van der Waals surface area contributed by atoms with E-state index in [-0.39, 0.29) is 16.4 Å². The summed E-state index contributed by atoms with van der Waals surface area (Å²) in [5.41, 5.74) is -0.360. The lowest BCUT2D eigenvalue weighted by atomic mass is 9.89. The van der Waals surface area contributed by atoms with Gasteiger partial charge in [-0.3, -0.25) is 14.9 Å². The van der Waals surface area contributed by atoms with Crippen molar-refractivity contribution in [1.82, 2.24) is 10.3 Å². The van der Waals surface area contributed by atoms with Crippen LogP contribution >= 0.6 is 11.6 Å².